The number of carbonyl (C=O) groups is 2. The lowest BCUT2D eigenvalue weighted by Crippen LogP contribution is -2.37. The second-order valence-electron chi connectivity index (χ2n) is 4.30. The predicted octanol–water partition coefficient (Wildman–Crippen LogP) is 0.229. The van der Waals surface area contributed by atoms with Gasteiger partial charge in [-0.25, -0.2) is 0 Å². The first-order valence-corrected chi connectivity index (χ1v) is 5.79. The number of nitrogens with two attached hydrogens (primary N) is 1. The van der Waals surface area contributed by atoms with Crippen molar-refractivity contribution in [3.63, 3.8) is 0 Å². The van der Waals surface area contributed by atoms with Gasteiger partial charge in [-0.3, -0.25) is 14.6 Å². The van der Waals surface area contributed by atoms with Crippen LogP contribution in [0.3, 0.4) is 0 Å². The second-order valence-corrected chi connectivity index (χ2v) is 4.30. The molecule has 0 saturated heterocycles. The fraction of sp³-hybridized carbons (Fsp3) is 0.417. The van der Waals surface area contributed by atoms with Gasteiger partial charge in [0.2, 0.25) is 0 Å². The van der Waals surface area contributed by atoms with E-state index < -0.39 is 5.97 Å². The highest BCUT2D eigenvalue weighted by atomic mass is 16.4. The minimum Gasteiger partial charge on any atom is -0.480 e. The molecule has 96 valence electrons. The molecule has 0 aromatic carbocycles. The number of carbonyl (C=O) groups excluding carboxylic acids is 1. The van der Waals surface area contributed by atoms with Crippen molar-refractivity contribution in [2.24, 2.45) is 5.73 Å². The minimum absolute atomic E-state index is 0.0584. The Balaban J connectivity index is 2.18. The normalized spacial score (nSPS) is 14.3. The quantitative estimate of drug-likeness (QED) is 0.778. The van der Waals surface area contributed by atoms with Gasteiger partial charge in [0, 0.05) is 24.3 Å². The van der Waals surface area contributed by atoms with Crippen LogP contribution in [0.2, 0.25) is 0 Å². The molecule has 6 heteroatoms. The van der Waals surface area contributed by atoms with Crippen molar-refractivity contribution in [3.05, 3.63) is 29.6 Å². The third-order valence-electron chi connectivity index (χ3n) is 2.83. The number of carboxylic acid groups (broad SMARTS) is 1. The Hall–Kier alpha value is -1.95. The van der Waals surface area contributed by atoms with Crippen LogP contribution in [0, 0.1) is 0 Å². The number of carboxylic acids is 1. The van der Waals surface area contributed by atoms with Crippen LogP contribution < -0.4 is 5.73 Å². The standard InChI is InChI=1S/C12H15N3O3/c13-6-9-5-8(3-4-14-9)12(18)15(7-11(16)17)10-1-2-10/h3-5,10H,1-2,6-7,13H2,(H,16,17). The molecule has 6 nitrogen and oxygen atoms in total. The van der Waals surface area contributed by atoms with Gasteiger partial charge in [0.25, 0.3) is 5.91 Å². The van der Waals surface area contributed by atoms with Gasteiger partial charge < -0.3 is 15.7 Å². The first kappa shape index (κ1) is 12.5. The summed E-state index contributed by atoms with van der Waals surface area (Å²) < 4.78 is 0. The fourth-order valence-electron chi connectivity index (χ4n) is 1.79. The van der Waals surface area contributed by atoms with Crippen molar-refractivity contribution >= 4 is 11.9 Å². The summed E-state index contributed by atoms with van der Waals surface area (Å²) in [6.45, 7) is -0.00669. The Kier molecular flexibility index (Phi) is 3.57. The highest BCUT2D eigenvalue weighted by Crippen LogP contribution is 2.28. The van der Waals surface area contributed by atoms with Gasteiger partial charge in [-0.1, -0.05) is 0 Å². The number of amides is 1. The maximum absolute atomic E-state index is 12.2. The third kappa shape index (κ3) is 2.84. The zero-order chi connectivity index (χ0) is 13.1. The van der Waals surface area contributed by atoms with Gasteiger partial charge in [-0.05, 0) is 25.0 Å². The highest BCUT2D eigenvalue weighted by Gasteiger charge is 2.34. The summed E-state index contributed by atoms with van der Waals surface area (Å²) in [6, 6.07) is 3.25. The van der Waals surface area contributed by atoms with Gasteiger partial charge in [-0.2, -0.15) is 0 Å². The van der Waals surface area contributed by atoms with E-state index in [0.717, 1.165) is 12.8 Å². The van der Waals surface area contributed by atoms with E-state index in [4.69, 9.17) is 10.8 Å². The molecule has 1 aromatic rings. The lowest BCUT2D eigenvalue weighted by molar-refractivity contribution is -0.137. The van der Waals surface area contributed by atoms with Crippen molar-refractivity contribution in [1.29, 1.82) is 0 Å². The summed E-state index contributed by atoms with van der Waals surface area (Å²) in [7, 11) is 0. The van der Waals surface area contributed by atoms with Gasteiger partial charge in [0.15, 0.2) is 0 Å². The van der Waals surface area contributed by atoms with Crippen LogP contribution in [-0.2, 0) is 11.3 Å². The Labute approximate surface area is 104 Å². The molecule has 1 fully saturated rings. The topological polar surface area (TPSA) is 96.5 Å². The zero-order valence-electron chi connectivity index (χ0n) is 9.87. The van der Waals surface area contributed by atoms with Crippen molar-refractivity contribution < 1.29 is 14.7 Å². The van der Waals surface area contributed by atoms with Gasteiger partial charge in [-0.15, -0.1) is 0 Å². The maximum atomic E-state index is 12.2. The van der Waals surface area contributed by atoms with Crippen LogP contribution >= 0.6 is 0 Å². The SMILES string of the molecule is NCc1cc(C(=O)N(CC(=O)O)C2CC2)ccn1. The molecular weight excluding hydrogens is 234 g/mol. The van der Waals surface area contributed by atoms with Crippen LogP contribution in [0.4, 0.5) is 0 Å². The molecule has 0 spiro atoms. The first-order valence-electron chi connectivity index (χ1n) is 5.79. The smallest absolute Gasteiger partial charge is 0.323 e. The Bertz CT molecular complexity index is 471. The molecule has 1 saturated carbocycles. The summed E-state index contributed by atoms with van der Waals surface area (Å²) in [6.07, 6.45) is 3.25. The molecule has 1 heterocycles. The van der Waals surface area contributed by atoms with E-state index in [2.05, 4.69) is 4.98 Å². The first-order chi connectivity index (χ1) is 8.61. The predicted molar refractivity (Wildman–Crippen MR) is 63.8 cm³/mol. The third-order valence-corrected chi connectivity index (χ3v) is 2.83. The molecule has 18 heavy (non-hydrogen) atoms. The summed E-state index contributed by atoms with van der Waals surface area (Å²) in [5.41, 5.74) is 6.53. The Morgan fingerprint density at radius 1 is 1.50 bits per heavy atom. The van der Waals surface area contributed by atoms with E-state index in [0.29, 0.717) is 11.3 Å². The summed E-state index contributed by atoms with van der Waals surface area (Å²) in [5.74, 6) is -1.26. The van der Waals surface area contributed by atoms with E-state index in [9.17, 15) is 9.59 Å². The number of rotatable bonds is 5. The van der Waals surface area contributed by atoms with Crippen LogP contribution in [0.5, 0.6) is 0 Å². The van der Waals surface area contributed by atoms with Crippen molar-refractivity contribution in [2.75, 3.05) is 6.54 Å². The van der Waals surface area contributed by atoms with Gasteiger partial charge in [0.05, 0.1) is 5.69 Å². The molecule has 2 rings (SSSR count). The van der Waals surface area contributed by atoms with E-state index in [1.54, 1.807) is 12.1 Å². The largest absolute Gasteiger partial charge is 0.480 e. The van der Waals surface area contributed by atoms with Crippen LogP contribution in [0.1, 0.15) is 28.9 Å². The van der Waals surface area contributed by atoms with Crippen LogP contribution in [0.25, 0.3) is 0 Å². The van der Waals surface area contributed by atoms with Gasteiger partial charge >= 0.3 is 5.97 Å². The number of aliphatic carboxylic acids is 1. The molecular formula is C12H15N3O3. The van der Waals surface area contributed by atoms with E-state index in [1.807, 2.05) is 0 Å². The number of nitrogens with zero attached hydrogens (tertiary/aromatic N) is 2. The molecule has 1 aromatic heterocycles. The lowest BCUT2D eigenvalue weighted by atomic mass is 10.2. The average Bonchev–Trinajstić information content (AvgIpc) is 3.19. The molecule has 0 radical (unpaired) electrons. The zero-order valence-corrected chi connectivity index (χ0v) is 9.87. The molecule has 0 atom stereocenters. The Morgan fingerprint density at radius 3 is 2.78 bits per heavy atom. The molecule has 0 aliphatic heterocycles. The number of hydrogen-bond acceptors (Lipinski definition) is 4. The number of aromatic nitrogens is 1. The van der Waals surface area contributed by atoms with E-state index in [-0.39, 0.29) is 25.0 Å². The monoisotopic (exact) mass is 249 g/mol. The van der Waals surface area contributed by atoms with Crippen LogP contribution in [-0.4, -0.2) is 39.5 Å². The van der Waals surface area contributed by atoms with E-state index >= 15 is 0 Å². The van der Waals surface area contributed by atoms with Crippen molar-refractivity contribution in [2.45, 2.75) is 25.4 Å². The fourth-order valence-corrected chi connectivity index (χ4v) is 1.79. The van der Waals surface area contributed by atoms with Gasteiger partial charge in [0.1, 0.15) is 6.54 Å². The van der Waals surface area contributed by atoms with Crippen molar-refractivity contribution in [3.8, 4) is 0 Å². The number of hydrogen-bond donors (Lipinski definition) is 2. The molecule has 0 unspecified atom stereocenters. The minimum atomic E-state index is -0.997. The second kappa shape index (κ2) is 5.14. The molecule has 1 aliphatic rings. The molecule has 0 bridgehead atoms. The Morgan fingerprint density at radius 2 is 2.22 bits per heavy atom. The number of pyridine rings is 1. The van der Waals surface area contributed by atoms with Crippen molar-refractivity contribution in [1.82, 2.24) is 9.88 Å². The molecule has 1 amide bonds. The maximum Gasteiger partial charge on any atom is 0.323 e. The summed E-state index contributed by atoms with van der Waals surface area (Å²) in [5, 5.41) is 8.83. The molecule has 1 aliphatic carbocycles. The summed E-state index contributed by atoms with van der Waals surface area (Å²) >= 11 is 0. The summed E-state index contributed by atoms with van der Waals surface area (Å²) in [4.78, 5) is 28.4. The highest BCUT2D eigenvalue weighted by molar-refractivity contribution is 5.96. The molecule has 3 N–H and O–H groups in total. The average molecular weight is 249 g/mol. The lowest BCUT2D eigenvalue weighted by Gasteiger charge is -2.20. The van der Waals surface area contributed by atoms with E-state index in [1.165, 1.54) is 11.1 Å². The van der Waals surface area contributed by atoms with Crippen LogP contribution in [0.15, 0.2) is 18.3 Å².